The second-order valence-corrected chi connectivity index (χ2v) is 6.16. The van der Waals surface area contributed by atoms with Gasteiger partial charge in [0.15, 0.2) is 0 Å². The number of morpholine rings is 1. The highest BCUT2D eigenvalue weighted by molar-refractivity contribution is 9.10. The number of aromatic nitrogens is 1. The van der Waals surface area contributed by atoms with Crippen LogP contribution in [0.4, 0.5) is 5.82 Å². The fourth-order valence-electron chi connectivity index (χ4n) is 2.34. The molecule has 1 aromatic heterocycles. The normalized spacial score (nSPS) is 23.8. The quantitative estimate of drug-likeness (QED) is 0.796. The second kappa shape index (κ2) is 4.58. The largest absolute Gasteiger partial charge is 0.369 e. The van der Waals surface area contributed by atoms with E-state index in [1.54, 1.807) is 0 Å². The molecule has 0 spiro atoms. The van der Waals surface area contributed by atoms with Crippen LogP contribution in [0.25, 0.3) is 0 Å². The van der Waals surface area contributed by atoms with Crippen LogP contribution in [0.15, 0.2) is 16.6 Å². The van der Waals surface area contributed by atoms with Gasteiger partial charge in [-0.05, 0) is 55.8 Å². The van der Waals surface area contributed by atoms with E-state index in [9.17, 15) is 0 Å². The first kappa shape index (κ1) is 12.8. The van der Waals surface area contributed by atoms with Gasteiger partial charge in [0.1, 0.15) is 5.82 Å². The molecule has 0 aliphatic carbocycles. The molecule has 1 aromatic rings. The van der Waals surface area contributed by atoms with Gasteiger partial charge in [0, 0.05) is 17.6 Å². The Balaban J connectivity index is 2.24. The van der Waals surface area contributed by atoms with Crippen molar-refractivity contribution in [2.75, 3.05) is 18.0 Å². The number of hydrogen-bond donors (Lipinski definition) is 0. The van der Waals surface area contributed by atoms with Crippen molar-refractivity contribution in [3.8, 4) is 0 Å². The molecule has 3 nitrogen and oxygen atoms in total. The van der Waals surface area contributed by atoms with Crippen molar-refractivity contribution in [1.82, 2.24) is 4.98 Å². The van der Waals surface area contributed by atoms with Crippen molar-refractivity contribution >= 4 is 21.7 Å². The second-order valence-electron chi connectivity index (χ2n) is 5.31. The SMILES string of the molecule is Cc1nc(N2CC(C)OC(C)(C)C2)ccc1Br. The lowest BCUT2D eigenvalue weighted by Crippen LogP contribution is -2.52. The van der Waals surface area contributed by atoms with Crippen molar-refractivity contribution in [2.45, 2.75) is 39.4 Å². The summed E-state index contributed by atoms with van der Waals surface area (Å²) in [6, 6.07) is 4.12. The number of nitrogens with zero attached hydrogens (tertiary/aromatic N) is 2. The molecule has 0 aromatic carbocycles. The molecule has 1 fully saturated rings. The lowest BCUT2D eigenvalue weighted by atomic mass is 10.1. The minimum absolute atomic E-state index is 0.111. The van der Waals surface area contributed by atoms with E-state index >= 15 is 0 Å². The van der Waals surface area contributed by atoms with Crippen molar-refractivity contribution in [1.29, 1.82) is 0 Å². The molecule has 0 radical (unpaired) electrons. The van der Waals surface area contributed by atoms with Crippen LogP contribution in [-0.2, 0) is 4.74 Å². The third-order valence-corrected chi connectivity index (χ3v) is 3.74. The van der Waals surface area contributed by atoms with Crippen LogP contribution in [0.1, 0.15) is 26.5 Å². The first-order chi connectivity index (χ1) is 7.87. The Hall–Kier alpha value is -0.610. The van der Waals surface area contributed by atoms with Crippen LogP contribution in [0, 0.1) is 6.92 Å². The Labute approximate surface area is 111 Å². The lowest BCUT2D eigenvalue weighted by Gasteiger charge is -2.42. The van der Waals surface area contributed by atoms with E-state index < -0.39 is 0 Å². The summed E-state index contributed by atoms with van der Waals surface area (Å²) < 4.78 is 6.96. The molecule has 0 bridgehead atoms. The van der Waals surface area contributed by atoms with Gasteiger partial charge >= 0.3 is 0 Å². The predicted octanol–water partition coefficient (Wildman–Crippen LogP) is 3.16. The van der Waals surface area contributed by atoms with Gasteiger partial charge in [0.05, 0.1) is 17.4 Å². The summed E-state index contributed by atoms with van der Waals surface area (Å²) in [6.45, 7) is 10.2. The van der Waals surface area contributed by atoms with Gasteiger partial charge < -0.3 is 9.64 Å². The highest BCUT2D eigenvalue weighted by Gasteiger charge is 2.31. The van der Waals surface area contributed by atoms with Gasteiger partial charge in [-0.2, -0.15) is 0 Å². The molecule has 0 N–H and O–H groups in total. The molecule has 1 aliphatic rings. The third kappa shape index (κ3) is 2.99. The summed E-state index contributed by atoms with van der Waals surface area (Å²) in [5, 5.41) is 0. The van der Waals surface area contributed by atoms with Crippen LogP contribution in [-0.4, -0.2) is 29.8 Å². The van der Waals surface area contributed by atoms with Crippen molar-refractivity contribution < 1.29 is 4.74 Å². The molecule has 2 heterocycles. The topological polar surface area (TPSA) is 25.4 Å². The average molecular weight is 299 g/mol. The van der Waals surface area contributed by atoms with Crippen LogP contribution in [0.2, 0.25) is 0 Å². The molecule has 4 heteroatoms. The zero-order valence-electron chi connectivity index (χ0n) is 10.8. The van der Waals surface area contributed by atoms with Gasteiger partial charge in [-0.15, -0.1) is 0 Å². The third-order valence-electron chi connectivity index (χ3n) is 2.90. The Morgan fingerprint density at radius 1 is 1.47 bits per heavy atom. The number of halogens is 1. The maximum absolute atomic E-state index is 5.90. The fourth-order valence-corrected chi connectivity index (χ4v) is 2.56. The minimum Gasteiger partial charge on any atom is -0.369 e. The molecular weight excluding hydrogens is 280 g/mol. The number of hydrogen-bond acceptors (Lipinski definition) is 3. The molecule has 1 atom stereocenters. The van der Waals surface area contributed by atoms with Gasteiger partial charge in [0.25, 0.3) is 0 Å². The van der Waals surface area contributed by atoms with E-state index in [-0.39, 0.29) is 11.7 Å². The standard InChI is InChI=1S/C13H19BrN2O/c1-9-7-16(8-13(3,4)17-9)12-6-5-11(14)10(2)15-12/h5-6,9H,7-8H2,1-4H3. The number of ether oxygens (including phenoxy) is 1. The molecule has 94 valence electrons. The van der Waals surface area contributed by atoms with Crippen molar-refractivity contribution in [3.63, 3.8) is 0 Å². The first-order valence-electron chi connectivity index (χ1n) is 5.93. The van der Waals surface area contributed by atoms with Gasteiger partial charge in [-0.25, -0.2) is 4.98 Å². The van der Waals surface area contributed by atoms with Gasteiger partial charge in [0.2, 0.25) is 0 Å². The van der Waals surface area contributed by atoms with E-state index in [2.05, 4.69) is 58.7 Å². The molecular formula is C13H19BrN2O. The Morgan fingerprint density at radius 2 is 2.18 bits per heavy atom. The van der Waals surface area contributed by atoms with Crippen LogP contribution < -0.4 is 4.90 Å². The van der Waals surface area contributed by atoms with Crippen LogP contribution in [0.5, 0.6) is 0 Å². The van der Waals surface area contributed by atoms with E-state index in [1.807, 2.05) is 6.92 Å². The number of anilines is 1. The summed E-state index contributed by atoms with van der Waals surface area (Å²) >= 11 is 3.48. The van der Waals surface area contributed by atoms with Crippen LogP contribution >= 0.6 is 15.9 Å². The Morgan fingerprint density at radius 3 is 2.76 bits per heavy atom. The van der Waals surface area contributed by atoms with Gasteiger partial charge in [-0.3, -0.25) is 0 Å². The average Bonchev–Trinajstić information content (AvgIpc) is 2.19. The first-order valence-corrected chi connectivity index (χ1v) is 6.72. The number of pyridine rings is 1. The Kier molecular flexibility index (Phi) is 3.46. The van der Waals surface area contributed by atoms with E-state index in [1.165, 1.54) is 0 Å². The van der Waals surface area contributed by atoms with Crippen molar-refractivity contribution in [2.24, 2.45) is 0 Å². The van der Waals surface area contributed by atoms with E-state index in [0.717, 1.165) is 29.1 Å². The highest BCUT2D eigenvalue weighted by atomic mass is 79.9. The smallest absolute Gasteiger partial charge is 0.129 e. The van der Waals surface area contributed by atoms with E-state index in [0.29, 0.717) is 0 Å². The maximum Gasteiger partial charge on any atom is 0.129 e. The van der Waals surface area contributed by atoms with Gasteiger partial charge in [-0.1, -0.05) is 0 Å². The molecule has 1 unspecified atom stereocenters. The van der Waals surface area contributed by atoms with Crippen LogP contribution in [0.3, 0.4) is 0 Å². The minimum atomic E-state index is -0.111. The summed E-state index contributed by atoms with van der Waals surface area (Å²) in [5.74, 6) is 1.04. The molecule has 2 rings (SSSR count). The summed E-state index contributed by atoms with van der Waals surface area (Å²) in [4.78, 5) is 6.92. The maximum atomic E-state index is 5.90. The Bertz CT molecular complexity index is 420. The molecule has 17 heavy (non-hydrogen) atoms. The fraction of sp³-hybridized carbons (Fsp3) is 0.615. The molecule has 0 amide bonds. The predicted molar refractivity (Wildman–Crippen MR) is 73.5 cm³/mol. The highest BCUT2D eigenvalue weighted by Crippen LogP contribution is 2.26. The van der Waals surface area contributed by atoms with E-state index in [4.69, 9.17) is 4.74 Å². The summed E-state index contributed by atoms with van der Waals surface area (Å²) in [6.07, 6.45) is 0.240. The summed E-state index contributed by atoms with van der Waals surface area (Å²) in [7, 11) is 0. The molecule has 1 aliphatic heterocycles. The van der Waals surface area contributed by atoms with Crippen molar-refractivity contribution in [3.05, 3.63) is 22.3 Å². The monoisotopic (exact) mass is 298 g/mol. The molecule has 1 saturated heterocycles. The lowest BCUT2D eigenvalue weighted by molar-refractivity contribution is -0.0751. The zero-order valence-corrected chi connectivity index (χ0v) is 12.4. The number of rotatable bonds is 1. The molecule has 0 saturated carbocycles. The zero-order chi connectivity index (χ0) is 12.6. The number of aryl methyl sites for hydroxylation is 1. The summed E-state index contributed by atoms with van der Waals surface area (Å²) in [5.41, 5.74) is 0.916.